The fourth-order valence-corrected chi connectivity index (χ4v) is 5.26. The molecular formula is C21H28ClN7O4. The number of ether oxygens (including phenoxy) is 1. The van der Waals surface area contributed by atoms with Crippen molar-refractivity contribution in [3.05, 3.63) is 11.3 Å². The maximum atomic E-state index is 12.2. The van der Waals surface area contributed by atoms with Gasteiger partial charge in [0.25, 0.3) is 6.09 Å². The summed E-state index contributed by atoms with van der Waals surface area (Å²) in [6.45, 7) is 9.18. The first-order valence-corrected chi connectivity index (χ1v) is 11.3. The van der Waals surface area contributed by atoms with Crippen LogP contribution in [-0.2, 0) is 6.54 Å². The Bertz CT molecular complexity index is 1190. The number of carbonyl (C=O) groups excluding carboxylic acids is 1. The van der Waals surface area contributed by atoms with Crippen LogP contribution in [0.15, 0.2) is 10.8 Å². The van der Waals surface area contributed by atoms with Gasteiger partial charge in [0, 0.05) is 25.8 Å². The van der Waals surface area contributed by atoms with E-state index in [9.17, 15) is 9.90 Å². The van der Waals surface area contributed by atoms with Crippen LogP contribution < -0.4 is 15.6 Å². The summed E-state index contributed by atoms with van der Waals surface area (Å²) in [7, 11) is 0. The first kappa shape index (κ1) is 23.2. The summed E-state index contributed by atoms with van der Waals surface area (Å²) >= 11 is 6.32. The molecule has 4 rings (SSSR count). The third-order valence-electron chi connectivity index (χ3n) is 6.64. The minimum atomic E-state index is -1.03. The zero-order valence-electron chi connectivity index (χ0n) is 19.2. The number of hydrogen-bond acceptors (Lipinski definition) is 9. The van der Waals surface area contributed by atoms with E-state index in [4.69, 9.17) is 26.7 Å². The van der Waals surface area contributed by atoms with Gasteiger partial charge >= 0.3 is 0 Å². The number of fused-ring (bicyclic) bond motifs is 1. The SMILES string of the molecule is CCn1c(-c2nonc2N)nc2c(Cl)ncc(OCC[C@@H]3CCC[N+]3(C(=O)[O-])C(C)(C)C)c21. The van der Waals surface area contributed by atoms with E-state index in [0.29, 0.717) is 54.4 Å². The highest BCUT2D eigenvalue weighted by Crippen LogP contribution is 2.39. The van der Waals surface area contributed by atoms with Gasteiger partial charge in [0.1, 0.15) is 11.0 Å². The molecule has 2 atom stereocenters. The summed E-state index contributed by atoms with van der Waals surface area (Å²) in [5.74, 6) is 1.05. The van der Waals surface area contributed by atoms with Crippen molar-refractivity contribution in [2.24, 2.45) is 0 Å². The number of rotatable bonds is 6. The first-order valence-electron chi connectivity index (χ1n) is 11.0. The number of halogens is 1. The lowest BCUT2D eigenvalue weighted by molar-refractivity contribution is -0.930. The van der Waals surface area contributed by atoms with Gasteiger partial charge in [0.2, 0.25) is 0 Å². The number of quaternary nitrogens is 1. The van der Waals surface area contributed by atoms with Crippen molar-refractivity contribution in [3.8, 4) is 17.3 Å². The number of nitrogens with two attached hydrogens (primary N) is 1. The minimum Gasteiger partial charge on any atom is -0.498 e. The smallest absolute Gasteiger partial charge is 0.258 e. The Morgan fingerprint density at radius 3 is 2.79 bits per heavy atom. The average Bonchev–Trinajstić information content (AvgIpc) is 3.45. The highest BCUT2D eigenvalue weighted by molar-refractivity contribution is 6.34. The molecule has 1 aliphatic heterocycles. The molecule has 178 valence electrons. The summed E-state index contributed by atoms with van der Waals surface area (Å²) in [6, 6.07) is -0.0987. The molecule has 33 heavy (non-hydrogen) atoms. The number of aryl methyl sites for hydroxylation is 1. The predicted octanol–water partition coefficient (Wildman–Crippen LogP) is 2.63. The van der Waals surface area contributed by atoms with Gasteiger partial charge in [0.05, 0.1) is 30.9 Å². The quantitative estimate of drug-likeness (QED) is 0.418. The molecule has 1 aliphatic rings. The van der Waals surface area contributed by atoms with E-state index < -0.39 is 11.6 Å². The molecule has 0 spiro atoms. The molecule has 3 aromatic rings. The number of pyridine rings is 1. The molecule has 0 bridgehead atoms. The predicted molar refractivity (Wildman–Crippen MR) is 119 cm³/mol. The second kappa shape index (κ2) is 8.45. The third kappa shape index (κ3) is 3.68. The lowest BCUT2D eigenvalue weighted by Crippen LogP contribution is -2.69. The molecule has 1 saturated heterocycles. The van der Waals surface area contributed by atoms with Crippen LogP contribution in [-0.4, -0.2) is 60.2 Å². The van der Waals surface area contributed by atoms with Gasteiger partial charge in [-0.15, -0.1) is 0 Å². The fourth-order valence-electron chi connectivity index (χ4n) is 5.08. The Morgan fingerprint density at radius 1 is 1.42 bits per heavy atom. The topological polar surface area (TPSA) is 145 Å². The van der Waals surface area contributed by atoms with Crippen LogP contribution in [0, 0.1) is 0 Å². The number of carboxylic acid groups (broad SMARTS) is 1. The van der Waals surface area contributed by atoms with Crippen molar-refractivity contribution in [2.45, 2.75) is 65.1 Å². The van der Waals surface area contributed by atoms with Crippen LogP contribution >= 0.6 is 11.6 Å². The van der Waals surface area contributed by atoms with E-state index in [1.54, 1.807) is 6.20 Å². The highest BCUT2D eigenvalue weighted by Gasteiger charge is 2.51. The van der Waals surface area contributed by atoms with Crippen molar-refractivity contribution in [1.29, 1.82) is 0 Å². The number of likely N-dealkylation sites (tertiary alicyclic amines) is 1. The zero-order valence-corrected chi connectivity index (χ0v) is 19.9. The van der Waals surface area contributed by atoms with Crippen LogP contribution in [0.2, 0.25) is 5.15 Å². The number of amides is 1. The van der Waals surface area contributed by atoms with Crippen molar-refractivity contribution < 1.29 is 23.7 Å². The number of nitrogens with zero attached hydrogens (tertiary/aromatic N) is 6. The minimum absolute atomic E-state index is 0.0693. The second-order valence-electron chi connectivity index (χ2n) is 9.25. The molecule has 12 heteroatoms. The molecule has 2 N–H and O–H groups in total. The van der Waals surface area contributed by atoms with Crippen LogP contribution in [0.25, 0.3) is 22.6 Å². The number of imidazole rings is 1. The molecule has 0 aliphatic carbocycles. The lowest BCUT2D eigenvalue weighted by Gasteiger charge is -2.49. The first-order chi connectivity index (χ1) is 15.6. The monoisotopic (exact) mass is 477 g/mol. The molecule has 4 heterocycles. The zero-order chi connectivity index (χ0) is 24.0. The van der Waals surface area contributed by atoms with Crippen molar-refractivity contribution in [3.63, 3.8) is 0 Å². The molecule has 1 fully saturated rings. The molecule has 0 saturated carbocycles. The largest absolute Gasteiger partial charge is 0.498 e. The van der Waals surface area contributed by atoms with Gasteiger partial charge < -0.3 is 24.9 Å². The summed E-state index contributed by atoms with van der Waals surface area (Å²) < 4.78 is 12.7. The molecule has 0 aromatic carbocycles. The molecule has 1 unspecified atom stereocenters. The van der Waals surface area contributed by atoms with E-state index >= 15 is 0 Å². The fraction of sp³-hybridized carbons (Fsp3) is 0.571. The Hall–Kier alpha value is -2.92. The van der Waals surface area contributed by atoms with Crippen LogP contribution in [0.1, 0.15) is 47.0 Å². The van der Waals surface area contributed by atoms with Gasteiger partial charge in [-0.05, 0) is 38.0 Å². The van der Waals surface area contributed by atoms with Crippen LogP contribution in [0.4, 0.5) is 10.6 Å². The molecule has 0 radical (unpaired) electrons. The van der Waals surface area contributed by atoms with E-state index in [1.807, 2.05) is 32.3 Å². The molecular weight excluding hydrogens is 450 g/mol. The normalized spacial score (nSPS) is 21.1. The van der Waals surface area contributed by atoms with Crippen molar-refractivity contribution >= 4 is 34.5 Å². The second-order valence-corrected chi connectivity index (χ2v) is 9.61. The van der Waals surface area contributed by atoms with Gasteiger partial charge in [-0.2, -0.15) is 0 Å². The highest BCUT2D eigenvalue weighted by atomic mass is 35.5. The summed E-state index contributed by atoms with van der Waals surface area (Å²) in [5, 5.41) is 19.9. The Balaban J connectivity index is 1.64. The third-order valence-corrected chi connectivity index (χ3v) is 6.91. The lowest BCUT2D eigenvalue weighted by atomic mass is 9.98. The maximum absolute atomic E-state index is 12.2. The van der Waals surface area contributed by atoms with E-state index in [0.717, 1.165) is 12.8 Å². The van der Waals surface area contributed by atoms with Gasteiger partial charge in [-0.1, -0.05) is 11.6 Å². The molecule has 3 aromatic heterocycles. The molecule has 1 amide bonds. The summed E-state index contributed by atoms with van der Waals surface area (Å²) in [6.07, 6.45) is 2.71. The number of anilines is 1. The van der Waals surface area contributed by atoms with Gasteiger partial charge in [-0.25, -0.2) is 14.6 Å². The van der Waals surface area contributed by atoms with Crippen molar-refractivity contribution in [2.75, 3.05) is 18.9 Å². The number of nitrogen functional groups attached to an aromatic ring is 1. The number of hydrogen-bond donors (Lipinski definition) is 1. The van der Waals surface area contributed by atoms with E-state index in [-0.39, 0.29) is 21.5 Å². The Labute approximate surface area is 196 Å². The van der Waals surface area contributed by atoms with Crippen LogP contribution in [0.5, 0.6) is 5.75 Å². The summed E-state index contributed by atoms with van der Waals surface area (Å²) in [5.41, 5.74) is 6.80. The van der Waals surface area contributed by atoms with Crippen LogP contribution in [0.3, 0.4) is 0 Å². The Kier molecular flexibility index (Phi) is 5.95. The average molecular weight is 478 g/mol. The summed E-state index contributed by atoms with van der Waals surface area (Å²) in [4.78, 5) is 21.0. The number of carbonyl (C=O) groups is 1. The van der Waals surface area contributed by atoms with Gasteiger partial charge in [0.15, 0.2) is 28.2 Å². The Morgan fingerprint density at radius 2 is 2.18 bits per heavy atom. The van der Waals surface area contributed by atoms with Gasteiger partial charge in [-0.3, -0.25) is 4.48 Å². The standard InChI is InChI=1S/C21H28ClN7O4/c1-5-28-16-13(11-24-17(22)14(16)25-19(28)15-18(23)27-33-26-15)32-10-8-12-7-6-9-29(12,20(30)31)21(2,3)4/h11-12H,5-10H2,1-4H3,(H2-,23,27,30,31)/t12-,29?/m0/s1. The number of aromatic nitrogens is 5. The van der Waals surface area contributed by atoms with E-state index in [1.165, 1.54) is 0 Å². The maximum Gasteiger partial charge on any atom is 0.258 e. The van der Waals surface area contributed by atoms with Crippen molar-refractivity contribution in [1.82, 2.24) is 24.8 Å². The molecule has 11 nitrogen and oxygen atoms in total. The van der Waals surface area contributed by atoms with E-state index in [2.05, 4.69) is 20.3 Å².